The molecule has 1 fully saturated rings. The largest absolute Gasteiger partial charge is 0.493 e. The summed E-state index contributed by atoms with van der Waals surface area (Å²) in [6, 6.07) is 15.1. The average molecular weight is 349 g/mol. The Morgan fingerprint density at radius 3 is 2.58 bits per heavy atom. The third-order valence-electron chi connectivity index (χ3n) is 5.84. The lowest BCUT2D eigenvalue weighted by atomic mass is 9.93. The molecule has 0 N–H and O–H groups in total. The van der Waals surface area contributed by atoms with E-state index in [1.807, 2.05) is 6.07 Å². The van der Waals surface area contributed by atoms with E-state index in [1.54, 1.807) is 14.2 Å². The second-order valence-corrected chi connectivity index (χ2v) is 7.01. The van der Waals surface area contributed by atoms with Gasteiger partial charge in [0.2, 0.25) is 0 Å². The van der Waals surface area contributed by atoms with E-state index in [0.717, 1.165) is 49.0 Å². The van der Waals surface area contributed by atoms with Crippen LogP contribution >= 0.6 is 0 Å². The fraction of sp³-hybridized carbons (Fsp3) is 0.381. The molecule has 5 heteroatoms. The summed E-state index contributed by atoms with van der Waals surface area (Å²) < 4.78 is 11.3. The Kier molecular flexibility index (Phi) is 3.55. The van der Waals surface area contributed by atoms with E-state index < -0.39 is 0 Å². The number of anilines is 1. The Hall–Kier alpha value is -2.69. The average Bonchev–Trinajstić information content (AvgIpc) is 3.34. The molecule has 3 aliphatic rings. The first-order chi connectivity index (χ1) is 12.8. The zero-order chi connectivity index (χ0) is 17.7. The van der Waals surface area contributed by atoms with Crippen molar-refractivity contribution in [3.05, 3.63) is 53.6 Å². The monoisotopic (exact) mass is 349 g/mol. The van der Waals surface area contributed by atoms with Crippen molar-refractivity contribution in [3.8, 4) is 11.5 Å². The van der Waals surface area contributed by atoms with Crippen LogP contribution in [-0.2, 0) is 0 Å². The standard InChI is InChI=1S/C21H23N3O2/c1-25-17-9-8-16-18(19(17)26-2)20-22-11-13-24(20)21-15(10-12-23(16)21)14-6-4-3-5-7-14/h3-9,15,21H,10-13H2,1-2H3. The van der Waals surface area contributed by atoms with Crippen LogP contribution in [0.2, 0.25) is 0 Å². The molecule has 5 rings (SSSR count). The van der Waals surface area contributed by atoms with E-state index in [9.17, 15) is 0 Å². The number of ether oxygens (including phenoxy) is 2. The fourth-order valence-corrected chi connectivity index (χ4v) is 4.78. The summed E-state index contributed by atoms with van der Waals surface area (Å²) in [4.78, 5) is 9.85. The van der Waals surface area contributed by atoms with Crippen molar-refractivity contribution in [1.82, 2.24) is 4.90 Å². The van der Waals surface area contributed by atoms with Gasteiger partial charge >= 0.3 is 0 Å². The van der Waals surface area contributed by atoms with Gasteiger partial charge in [0.25, 0.3) is 0 Å². The summed E-state index contributed by atoms with van der Waals surface area (Å²) in [5, 5.41) is 0. The summed E-state index contributed by atoms with van der Waals surface area (Å²) in [7, 11) is 3.40. The molecule has 5 nitrogen and oxygen atoms in total. The lowest BCUT2D eigenvalue weighted by molar-refractivity contribution is 0.306. The maximum Gasteiger partial charge on any atom is 0.173 e. The number of nitrogens with zero attached hydrogens (tertiary/aromatic N) is 3. The van der Waals surface area contributed by atoms with Crippen molar-refractivity contribution in [2.45, 2.75) is 18.5 Å². The Morgan fingerprint density at radius 1 is 0.962 bits per heavy atom. The lowest BCUT2D eigenvalue weighted by Gasteiger charge is -2.44. The molecule has 2 aromatic rings. The van der Waals surface area contributed by atoms with E-state index >= 15 is 0 Å². The molecule has 0 amide bonds. The Balaban J connectivity index is 1.66. The molecule has 1 saturated heterocycles. The number of amidine groups is 1. The first kappa shape index (κ1) is 15.6. The molecule has 0 saturated carbocycles. The summed E-state index contributed by atoms with van der Waals surface area (Å²) in [5.41, 5.74) is 3.70. The van der Waals surface area contributed by atoms with Gasteiger partial charge in [0.05, 0.1) is 32.0 Å². The van der Waals surface area contributed by atoms with Gasteiger partial charge in [0.1, 0.15) is 12.0 Å². The van der Waals surface area contributed by atoms with Crippen LogP contribution in [0.15, 0.2) is 47.5 Å². The van der Waals surface area contributed by atoms with E-state index in [4.69, 9.17) is 14.5 Å². The van der Waals surface area contributed by atoms with Crippen molar-refractivity contribution in [1.29, 1.82) is 0 Å². The molecule has 2 unspecified atom stereocenters. The molecule has 0 aliphatic carbocycles. The number of fused-ring (bicyclic) bond motifs is 6. The molecule has 2 aromatic carbocycles. The van der Waals surface area contributed by atoms with Gasteiger partial charge in [0, 0.05) is 19.0 Å². The zero-order valence-corrected chi connectivity index (χ0v) is 15.2. The van der Waals surface area contributed by atoms with Crippen molar-refractivity contribution < 1.29 is 9.47 Å². The van der Waals surface area contributed by atoms with Gasteiger partial charge in [-0.15, -0.1) is 0 Å². The molecule has 3 aliphatic heterocycles. The predicted octanol–water partition coefficient (Wildman–Crippen LogP) is 3.10. The molecule has 0 spiro atoms. The number of benzene rings is 2. The minimum absolute atomic E-state index is 0.323. The van der Waals surface area contributed by atoms with E-state index in [-0.39, 0.29) is 0 Å². The minimum Gasteiger partial charge on any atom is -0.493 e. The SMILES string of the molecule is COc1ccc2c(c1OC)C1=NCCN1C1C(c3ccccc3)CCN21. The Bertz CT molecular complexity index is 865. The molecular weight excluding hydrogens is 326 g/mol. The van der Waals surface area contributed by atoms with Gasteiger partial charge < -0.3 is 19.3 Å². The molecule has 26 heavy (non-hydrogen) atoms. The number of hydrogen-bond donors (Lipinski definition) is 0. The highest BCUT2D eigenvalue weighted by atomic mass is 16.5. The highest BCUT2D eigenvalue weighted by Crippen LogP contribution is 2.49. The van der Waals surface area contributed by atoms with E-state index in [0.29, 0.717) is 12.1 Å². The highest BCUT2D eigenvalue weighted by molar-refractivity contribution is 6.09. The predicted molar refractivity (Wildman–Crippen MR) is 103 cm³/mol. The fourth-order valence-electron chi connectivity index (χ4n) is 4.78. The molecule has 3 heterocycles. The lowest BCUT2D eigenvalue weighted by Crippen LogP contribution is -2.53. The van der Waals surface area contributed by atoms with Crippen LogP contribution < -0.4 is 14.4 Å². The van der Waals surface area contributed by atoms with Gasteiger partial charge in [-0.25, -0.2) is 0 Å². The van der Waals surface area contributed by atoms with Gasteiger partial charge in [-0.3, -0.25) is 4.99 Å². The first-order valence-electron chi connectivity index (χ1n) is 9.21. The topological polar surface area (TPSA) is 37.3 Å². The molecular formula is C21H23N3O2. The van der Waals surface area contributed by atoms with Crippen molar-refractivity contribution in [3.63, 3.8) is 0 Å². The second-order valence-electron chi connectivity index (χ2n) is 7.01. The number of aliphatic imine (C=N–C) groups is 1. The van der Waals surface area contributed by atoms with Crippen LogP contribution in [0, 0.1) is 0 Å². The third-order valence-corrected chi connectivity index (χ3v) is 5.84. The number of hydrogen-bond acceptors (Lipinski definition) is 5. The summed E-state index contributed by atoms with van der Waals surface area (Å²) >= 11 is 0. The summed E-state index contributed by atoms with van der Waals surface area (Å²) in [5.74, 6) is 3.09. The Morgan fingerprint density at radius 2 is 1.81 bits per heavy atom. The maximum atomic E-state index is 5.74. The van der Waals surface area contributed by atoms with Crippen molar-refractivity contribution >= 4 is 11.5 Å². The quantitative estimate of drug-likeness (QED) is 0.853. The van der Waals surface area contributed by atoms with Crippen LogP contribution in [0.25, 0.3) is 0 Å². The highest BCUT2D eigenvalue weighted by Gasteiger charge is 2.47. The third kappa shape index (κ3) is 2.06. The normalized spacial score (nSPS) is 23.2. The van der Waals surface area contributed by atoms with Crippen LogP contribution in [0.4, 0.5) is 5.69 Å². The van der Waals surface area contributed by atoms with Crippen LogP contribution in [-0.4, -0.2) is 50.8 Å². The van der Waals surface area contributed by atoms with E-state index in [2.05, 4.69) is 46.2 Å². The smallest absolute Gasteiger partial charge is 0.173 e. The van der Waals surface area contributed by atoms with Crippen LogP contribution in [0.3, 0.4) is 0 Å². The van der Waals surface area contributed by atoms with Gasteiger partial charge in [-0.1, -0.05) is 30.3 Å². The summed E-state index contributed by atoms with van der Waals surface area (Å²) in [6.07, 6.45) is 1.47. The second kappa shape index (κ2) is 5.94. The van der Waals surface area contributed by atoms with Crippen molar-refractivity contribution in [2.24, 2.45) is 4.99 Å². The molecule has 2 atom stereocenters. The zero-order valence-electron chi connectivity index (χ0n) is 15.2. The maximum absolute atomic E-state index is 5.74. The van der Waals surface area contributed by atoms with Gasteiger partial charge in [-0.2, -0.15) is 0 Å². The van der Waals surface area contributed by atoms with Gasteiger partial charge in [0.15, 0.2) is 11.5 Å². The molecule has 0 bridgehead atoms. The van der Waals surface area contributed by atoms with Crippen LogP contribution in [0.1, 0.15) is 23.5 Å². The minimum atomic E-state index is 0.323. The molecule has 134 valence electrons. The summed E-state index contributed by atoms with van der Waals surface area (Å²) in [6.45, 7) is 2.83. The number of rotatable bonds is 3. The molecule has 0 radical (unpaired) electrons. The number of methoxy groups -OCH3 is 2. The Labute approximate surface area is 153 Å². The molecule has 0 aromatic heterocycles. The van der Waals surface area contributed by atoms with E-state index in [1.165, 1.54) is 11.3 Å². The van der Waals surface area contributed by atoms with Crippen LogP contribution in [0.5, 0.6) is 11.5 Å². The van der Waals surface area contributed by atoms with Crippen molar-refractivity contribution in [2.75, 3.05) is 38.8 Å². The van der Waals surface area contributed by atoms with Gasteiger partial charge in [-0.05, 0) is 24.1 Å². The first-order valence-corrected chi connectivity index (χ1v) is 9.21.